The molecule has 0 radical (unpaired) electrons. The number of hydrogen-bond acceptors (Lipinski definition) is 3. The first kappa shape index (κ1) is 10.3. The monoisotopic (exact) mass is 227 g/mol. The number of ether oxygens (including phenoxy) is 1. The molecule has 1 saturated carbocycles. The lowest BCUT2D eigenvalue weighted by molar-refractivity contribution is 0.0600. The summed E-state index contributed by atoms with van der Waals surface area (Å²) in [7, 11) is 1.38. The summed E-state index contributed by atoms with van der Waals surface area (Å²) >= 11 is 0. The van der Waals surface area contributed by atoms with Crippen molar-refractivity contribution in [3.63, 3.8) is 0 Å². The molecule has 0 unspecified atom stereocenters. The fourth-order valence-corrected chi connectivity index (χ4v) is 2.05. The standard InChI is InChI=1S/C14H13NO2/c1-17-14(16)12-7-11-6-10(9-2-3-9)4-5-13(11)15-8-12/h4-9H,2-3H2,1H3. The Bertz CT molecular complexity index is 588. The number of carbonyl (C=O) groups excluding carboxylic acids is 1. The second-order valence-corrected chi connectivity index (χ2v) is 4.44. The van der Waals surface area contributed by atoms with Gasteiger partial charge in [0.05, 0.1) is 18.2 Å². The zero-order valence-corrected chi connectivity index (χ0v) is 9.64. The molecule has 0 amide bonds. The van der Waals surface area contributed by atoms with Crippen molar-refractivity contribution in [2.75, 3.05) is 7.11 Å². The van der Waals surface area contributed by atoms with Crippen molar-refractivity contribution in [1.29, 1.82) is 0 Å². The van der Waals surface area contributed by atoms with Crippen LogP contribution in [0.2, 0.25) is 0 Å². The summed E-state index contributed by atoms with van der Waals surface area (Å²) in [5.74, 6) is 0.373. The van der Waals surface area contributed by atoms with Crippen LogP contribution in [-0.2, 0) is 4.74 Å². The van der Waals surface area contributed by atoms with Crippen LogP contribution in [0.15, 0.2) is 30.5 Å². The lowest BCUT2D eigenvalue weighted by atomic mass is 10.1. The molecule has 0 bridgehead atoms. The molecule has 3 rings (SSSR count). The Kier molecular flexibility index (Phi) is 2.32. The third-order valence-electron chi connectivity index (χ3n) is 3.18. The number of methoxy groups -OCH3 is 1. The highest BCUT2D eigenvalue weighted by Gasteiger charge is 2.23. The Morgan fingerprint density at radius 1 is 1.35 bits per heavy atom. The number of hydrogen-bond donors (Lipinski definition) is 0. The number of aromatic nitrogens is 1. The van der Waals surface area contributed by atoms with E-state index in [-0.39, 0.29) is 5.97 Å². The molecule has 1 heterocycles. The molecular formula is C14H13NO2. The molecule has 1 aliphatic rings. The van der Waals surface area contributed by atoms with Crippen LogP contribution in [0, 0.1) is 0 Å². The van der Waals surface area contributed by atoms with Gasteiger partial charge in [-0.3, -0.25) is 4.98 Å². The molecule has 0 spiro atoms. The predicted octanol–water partition coefficient (Wildman–Crippen LogP) is 2.90. The van der Waals surface area contributed by atoms with Crippen molar-refractivity contribution in [1.82, 2.24) is 4.98 Å². The maximum Gasteiger partial charge on any atom is 0.339 e. The summed E-state index contributed by atoms with van der Waals surface area (Å²) in [4.78, 5) is 15.7. The maximum atomic E-state index is 11.4. The molecular weight excluding hydrogens is 214 g/mol. The van der Waals surface area contributed by atoms with E-state index in [0.29, 0.717) is 11.5 Å². The molecule has 0 atom stereocenters. The molecule has 1 aromatic carbocycles. The van der Waals surface area contributed by atoms with E-state index in [1.54, 1.807) is 6.20 Å². The van der Waals surface area contributed by atoms with Gasteiger partial charge in [0, 0.05) is 11.6 Å². The Morgan fingerprint density at radius 3 is 2.88 bits per heavy atom. The van der Waals surface area contributed by atoms with E-state index >= 15 is 0 Å². The lowest BCUT2D eigenvalue weighted by Gasteiger charge is -2.03. The molecule has 1 fully saturated rings. The summed E-state index contributed by atoms with van der Waals surface area (Å²) in [6.07, 6.45) is 4.11. The summed E-state index contributed by atoms with van der Waals surface area (Å²) in [5.41, 5.74) is 2.77. The summed E-state index contributed by atoms with van der Waals surface area (Å²) < 4.78 is 4.70. The normalized spacial score (nSPS) is 14.9. The molecule has 1 aromatic heterocycles. The predicted molar refractivity (Wildman–Crippen MR) is 65.1 cm³/mol. The van der Waals surface area contributed by atoms with Gasteiger partial charge in [-0.15, -0.1) is 0 Å². The van der Waals surface area contributed by atoms with Gasteiger partial charge in [0.25, 0.3) is 0 Å². The van der Waals surface area contributed by atoms with Gasteiger partial charge in [-0.2, -0.15) is 0 Å². The van der Waals surface area contributed by atoms with Crippen molar-refractivity contribution in [3.05, 3.63) is 41.6 Å². The van der Waals surface area contributed by atoms with Gasteiger partial charge < -0.3 is 4.74 Å². The first-order valence-corrected chi connectivity index (χ1v) is 5.76. The van der Waals surface area contributed by atoms with E-state index < -0.39 is 0 Å². The number of benzene rings is 1. The van der Waals surface area contributed by atoms with Gasteiger partial charge in [0.1, 0.15) is 0 Å². The number of fused-ring (bicyclic) bond motifs is 1. The van der Waals surface area contributed by atoms with Crippen molar-refractivity contribution in [2.45, 2.75) is 18.8 Å². The Balaban J connectivity index is 2.09. The highest BCUT2D eigenvalue weighted by Crippen LogP contribution is 2.40. The Labute approximate surface area is 99.4 Å². The first-order valence-electron chi connectivity index (χ1n) is 5.76. The molecule has 17 heavy (non-hydrogen) atoms. The number of carbonyl (C=O) groups is 1. The van der Waals surface area contributed by atoms with E-state index in [1.807, 2.05) is 12.1 Å². The average molecular weight is 227 g/mol. The van der Waals surface area contributed by atoms with Crippen LogP contribution in [-0.4, -0.2) is 18.1 Å². The topological polar surface area (TPSA) is 39.2 Å². The van der Waals surface area contributed by atoms with Crippen LogP contribution >= 0.6 is 0 Å². The summed E-state index contributed by atoms with van der Waals surface area (Å²) in [6, 6.07) is 8.13. The molecule has 86 valence electrons. The second kappa shape index (κ2) is 3.84. The SMILES string of the molecule is COC(=O)c1cnc2ccc(C3CC3)cc2c1. The van der Waals surface area contributed by atoms with E-state index in [0.717, 1.165) is 10.9 Å². The molecule has 1 aliphatic carbocycles. The highest BCUT2D eigenvalue weighted by molar-refractivity contribution is 5.93. The highest BCUT2D eigenvalue weighted by atomic mass is 16.5. The minimum atomic E-state index is -0.337. The largest absolute Gasteiger partial charge is 0.465 e. The van der Waals surface area contributed by atoms with Crippen LogP contribution in [0.1, 0.15) is 34.7 Å². The fourth-order valence-electron chi connectivity index (χ4n) is 2.05. The van der Waals surface area contributed by atoms with E-state index in [4.69, 9.17) is 4.74 Å². The lowest BCUT2D eigenvalue weighted by Crippen LogP contribution is -2.01. The minimum absolute atomic E-state index is 0.337. The van der Waals surface area contributed by atoms with Crippen molar-refractivity contribution in [2.24, 2.45) is 0 Å². The van der Waals surface area contributed by atoms with Crippen LogP contribution in [0.3, 0.4) is 0 Å². The molecule has 0 aliphatic heterocycles. The van der Waals surface area contributed by atoms with Crippen LogP contribution in [0.4, 0.5) is 0 Å². The summed E-state index contributed by atoms with van der Waals surface area (Å²) in [5, 5.41) is 1.01. The summed E-state index contributed by atoms with van der Waals surface area (Å²) in [6.45, 7) is 0. The van der Waals surface area contributed by atoms with Crippen molar-refractivity contribution in [3.8, 4) is 0 Å². The van der Waals surface area contributed by atoms with Gasteiger partial charge >= 0.3 is 5.97 Å². The van der Waals surface area contributed by atoms with Crippen LogP contribution in [0.5, 0.6) is 0 Å². The molecule has 3 heteroatoms. The molecule has 0 saturated heterocycles. The number of pyridine rings is 1. The molecule has 0 N–H and O–H groups in total. The van der Waals surface area contributed by atoms with Gasteiger partial charge in [-0.05, 0) is 42.5 Å². The van der Waals surface area contributed by atoms with E-state index in [1.165, 1.54) is 25.5 Å². The number of esters is 1. The zero-order valence-electron chi connectivity index (χ0n) is 9.64. The van der Waals surface area contributed by atoms with Crippen LogP contribution in [0.25, 0.3) is 10.9 Å². The van der Waals surface area contributed by atoms with Gasteiger partial charge in [-0.1, -0.05) is 6.07 Å². The third kappa shape index (κ3) is 1.88. The van der Waals surface area contributed by atoms with E-state index in [2.05, 4.69) is 17.1 Å². The van der Waals surface area contributed by atoms with Gasteiger partial charge in [0.15, 0.2) is 0 Å². The minimum Gasteiger partial charge on any atom is -0.465 e. The van der Waals surface area contributed by atoms with Gasteiger partial charge in [-0.25, -0.2) is 4.79 Å². The Hall–Kier alpha value is -1.90. The fraction of sp³-hybridized carbons (Fsp3) is 0.286. The molecule has 3 nitrogen and oxygen atoms in total. The van der Waals surface area contributed by atoms with Crippen LogP contribution < -0.4 is 0 Å². The maximum absolute atomic E-state index is 11.4. The number of rotatable bonds is 2. The smallest absolute Gasteiger partial charge is 0.339 e. The van der Waals surface area contributed by atoms with Crippen molar-refractivity contribution < 1.29 is 9.53 Å². The number of nitrogens with zero attached hydrogens (tertiary/aromatic N) is 1. The average Bonchev–Trinajstić information content (AvgIpc) is 3.20. The molecule has 2 aromatic rings. The third-order valence-corrected chi connectivity index (χ3v) is 3.18. The van der Waals surface area contributed by atoms with Crippen molar-refractivity contribution >= 4 is 16.9 Å². The first-order chi connectivity index (χ1) is 8.28. The van der Waals surface area contributed by atoms with E-state index in [9.17, 15) is 4.79 Å². The Morgan fingerprint density at radius 2 is 2.18 bits per heavy atom. The van der Waals surface area contributed by atoms with Gasteiger partial charge in [0.2, 0.25) is 0 Å². The quantitative estimate of drug-likeness (QED) is 0.740. The second-order valence-electron chi connectivity index (χ2n) is 4.44. The zero-order chi connectivity index (χ0) is 11.8.